The number of nitrogens with zero attached hydrogens (tertiary/aromatic N) is 3. The second-order valence-electron chi connectivity index (χ2n) is 7.19. The zero-order chi connectivity index (χ0) is 19.5. The van der Waals surface area contributed by atoms with E-state index in [0.29, 0.717) is 12.3 Å². The monoisotopic (exact) mass is 380 g/mol. The van der Waals surface area contributed by atoms with Crippen LogP contribution in [0.2, 0.25) is 0 Å². The van der Waals surface area contributed by atoms with Crippen LogP contribution in [0.3, 0.4) is 0 Å². The SMILES string of the molecule is Cn1cnc2ccc(OCC(=O)NC[C@@H](O)CN3Cc4ccccc4C3)cc21. The molecule has 7 heteroatoms. The van der Waals surface area contributed by atoms with Crippen LogP contribution in [-0.4, -0.2) is 51.3 Å². The number of hydrogen-bond donors (Lipinski definition) is 2. The number of β-amino-alcohol motifs (C(OH)–C–C–N with tert-alkyl or cyclic N) is 1. The van der Waals surface area contributed by atoms with Gasteiger partial charge >= 0.3 is 0 Å². The fourth-order valence-electron chi connectivity index (χ4n) is 3.52. The Morgan fingerprint density at radius 1 is 1.25 bits per heavy atom. The summed E-state index contributed by atoms with van der Waals surface area (Å²) in [6.45, 7) is 2.30. The number of fused-ring (bicyclic) bond motifs is 2. The Bertz CT molecular complexity index is 960. The number of aryl methyl sites for hydroxylation is 1. The highest BCUT2D eigenvalue weighted by molar-refractivity contribution is 5.79. The van der Waals surface area contributed by atoms with Gasteiger partial charge in [-0.05, 0) is 23.3 Å². The molecule has 0 unspecified atom stereocenters. The zero-order valence-corrected chi connectivity index (χ0v) is 15.8. The van der Waals surface area contributed by atoms with E-state index in [0.717, 1.165) is 24.1 Å². The van der Waals surface area contributed by atoms with Crippen LogP contribution in [0.4, 0.5) is 0 Å². The average molecular weight is 380 g/mol. The standard InChI is InChI=1S/C21H24N4O3/c1-24-14-23-19-7-6-18(8-20(19)24)28-13-21(27)22-9-17(26)12-25-10-15-4-2-3-5-16(15)11-25/h2-8,14,17,26H,9-13H2,1H3,(H,22,27)/t17-/m1/s1. The van der Waals surface area contributed by atoms with Crippen molar-refractivity contribution in [2.24, 2.45) is 7.05 Å². The van der Waals surface area contributed by atoms with E-state index in [2.05, 4.69) is 27.3 Å². The molecular weight excluding hydrogens is 356 g/mol. The summed E-state index contributed by atoms with van der Waals surface area (Å²) in [6, 6.07) is 13.8. The van der Waals surface area contributed by atoms with Gasteiger partial charge in [-0.1, -0.05) is 24.3 Å². The van der Waals surface area contributed by atoms with Gasteiger partial charge in [0, 0.05) is 39.3 Å². The molecule has 2 N–H and O–H groups in total. The number of nitrogens with one attached hydrogen (secondary N) is 1. The van der Waals surface area contributed by atoms with E-state index in [-0.39, 0.29) is 19.1 Å². The molecule has 4 rings (SSSR count). The molecule has 0 bridgehead atoms. The number of amides is 1. The van der Waals surface area contributed by atoms with Gasteiger partial charge in [0.15, 0.2) is 6.61 Å². The topological polar surface area (TPSA) is 79.6 Å². The number of ether oxygens (including phenoxy) is 1. The first-order chi connectivity index (χ1) is 13.6. The number of benzene rings is 2. The number of hydrogen-bond acceptors (Lipinski definition) is 5. The number of rotatable bonds is 7. The summed E-state index contributed by atoms with van der Waals surface area (Å²) in [5.74, 6) is 0.357. The highest BCUT2D eigenvalue weighted by Gasteiger charge is 2.20. The van der Waals surface area contributed by atoms with Crippen LogP contribution in [0.5, 0.6) is 5.75 Å². The zero-order valence-electron chi connectivity index (χ0n) is 15.8. The second-order valence-corrected chi connectivity index (χ2v) is 7.19. The van der Waals surface area contributed by atoms with Crippen LogP contribution in [-0.2, 0) is 24.9 Å². The maximum Gasteiger partial charge on any atom is 0.258 e. The summed E-state index contributed by atoms with van der Waals surface area (Å²) in [6.07, 6.45) is 1.12. The summed E-state index contributed by atoms with van der Waals surface area (Å²) in [4.78, 5) is 18.5. The predicted molar refractivity (Wildman–Crippen MR) is 106 cm³/mol. The van der Waals surface area contributed by atoms with Crippen LogP contribution < -0.4 is 10.1 Å². The van der Waals surface area contributed by atoms with Crippen molar-refractivity contribution < 1.29 is 14.6 Å². The summed E-state index contributed by atoms with van der Waals surface area (Å²) in [7, 11) is 1.91. The smallest absolute Gasteiger partial charge is 0.258 e. The summed E-state index contributed by atoms with van der Waals surface area (Å²) < 4.78 is 7.46. The Labute approximate surface area is 163 Å². The largest absolute Gasteiger partial charge is 0.484 e. The molecule has 0 aliphatic carbocycles. The quantitative estimate of drug-likeness (QED) is 0.649. The van der Waals surface area contributed by atoms with Crippen LogP contribution in [0.25, 0.3) is 11.0 Å². The first-order valence-electron chi connectivity index (χ1n) is 9.36. The van der Waals surface area contributed by atoms with Gasteiger partial charge in [0.2, 0.25) is 0 Å². The lowest BCUT2D eigenvalue weighted by molar-refractivity contribution is -0.123. The van der Waals surface area contributed by atoms with E-state index >= 15 is 0 Å². The molecule has 0 saturated carbocycles. The van der Waals surface area contributed by atoms with Crippen LogP contribution in [0.15, 0.2) is 48.8 Å². The van der Waals surface area contributed by atoms with Gasteiger partial charge in [0.25, 0.3) is 5.91 Å². The van der Waals surface area contributed by atoms with Gasteiger partial charge in [0.1, 0.15) is 5.75 Å². The molecule has 1 aliphatic rings. The molecule has 1 atom stereocenters. The Morgan fingerprint density at radius 2 is 2.00 bits per heavy atom. The number of carbonyl (C=O) groups excluding carboxylic acids is 1. The first kappa shape index (κ1) is 18.5. The third-order valence-corrected chi connectivity index (χ3v) is 4.98. The van der Waals surface area contributed by atoms with Crippen LogP contribution in [0.1, 0.15) is 11.1 Å². The molecule has 1 aliphatic heterocycles. The normalized spacial score (nSPS) is 14.8. The molecular formula is C21H24N4O3. The highest BCUT2D eigenvalue weighted by Crippen LogP contribution is 2.22. The van der Waals surface area contributed by atoms with Crippen molar-refractivity contribution in [3.63, 3.8) is 0 Å². The van der Waals surface area contributed by atoms with E-state index in [1.165, 1.54) is 11.1 Å². The maximum absolute atomic E-state index is 12.0. The molecule has 1 amide bonds. The molecule has 146 valence electrons. The van der Waals surface area contributed by atoms with E-state index in [9.17, 15) is 9.90 Å². The fraction of sp³-hybridized carbons (Fsp3) is 0.333. The predicted octanol–water partition coefficient (Wildman–Crippen LogP) is 1.45. The van der Waals surface area contributed by atoms with Gasteiger partial charge in [-0.15, -0.1) is 0 Å². The summed E-state index contributed by atoms with van der Waals surface area (Å²) in [5.41, 5.74) is 4.43. The molecule has 0 radical (unpaired) electrons. The van der Waals surface area contributed by atoms with Crippen molar-refractivity contribution in [3.05, 3.63) is 59.9 Å². The minimum Gasteiger partial charge on any atom is -0.484 e. The Hall–Kier alpha value is -2.90. The second kappa shape index (κ2) is 8.00. The van der Waals surface area contributed by atoms with Gasteiger partial charge in [0.05, 0.1) is 23.5 Å². The van der Waals surface area contributed by atoms with Gasteiger partial charge in [-0.2, -0.15) is 0 Å². The lowest BCUT2D eigenvalue weighted by Gasteiger charge is -2.19. The molecule has 28 heavy (non-hydrogen) atoms. The number of imidazole rings is 1. The Morgan fingerprint density at radius 3 is 2.75 bits per heavy atom. The third kappa shape index (κ3) is 4.16. The minimum atomic E-state index is -0.621. The van der Waals surface area contributed by atoms with E-state index < -0.39 is 6.10 Å². The Balaban J connectivity index is 1.20. The van der Waals surface area contributed by atoms with Gasteiger partial charge < -0.3 is 19.7 Å². The molecule has 0 spiro atoms. The van der Waals surface area contributed by atoms with Crippen LogP contribution in [0, 0.1) is 0 Å². The highest BCUT2D eigenvalue weighted by atomic mass is 16.5. The lowest BCUT2D eigenvalue weighted by Crippen LogP contribution is -2.40. The van der Waals surface area contributed by atoms with Crippen LogP contribution >= 0.6 is 0 Å². The van der Waals surface area contributed by atoms with E-state index in [1.807, 2.05) is 35.9 Å². The third-order valence-electron chi connectivity index (χ3n) is 4.98. The number of aliphatic hydroxyl groups excluding tert-OH is 1. The molecule has 0 saturated heterocycles. The summed E-state index contributed by atoms with van der Waals surface area (Å²) in [5, 5.41) is 13.0. The molecule has 2 heterocycles. The van der Waals surface area contributed by atoms with Crippen molar-refractivity contribution in [3.8, 4) is 5.75 Å². The van der Waals surface area contributed by atoms with Crippen molar-refractivity contribution in [1.82, 2.24) is 19.8 Å². The van der Waals surface area contributed by atoms with E-state index in [1.54, 1.807) is 12.4 Å². The molecule has 0 fully saturated rings. The van der Waals surface area contributed by atoms with Crippen molar-refractivity contribution in [2.45, 2.75) is 19.2 Å². The van der Waals surface area contributed by atoms with E-state index in [4.69, 9.17) is 4.74 Å². The number of aromatic nitrogens is 2. The average Bonchev–Trinajstić information content (AvgIpc) is 3.27. The minimum absolute atomic E-state index is 0.0920. The maximum atomic E-state index is 12.0. The molecule has 2 aromatic carbocycles. The number of aliphatic hydroxyl groups is 1. The molecule has 1 aromatic heterocycles. The lowest BCUT2D eigenvalue weighted by atomic mass is 10.1. The Kier molecular flexibility index (Phi) is 5.27. The molecule has 7 nitrogen and oxygen atoms in total. The summed E-state index contributed by atoms with van der Waals surface area (Å²) >= 11 is 0. The number of carbonyl (C=O) groups is 1. The fourth-order valence-corrected chi connectivity index (χ4v) is 3.52. The molecule has 3 aromatic rings. The first-order valence-corrected chi connectivity index (χ1v) is 9.36. The van der Waals surface area contributed by atoms with Crippen molar-refractivity contribution >= 4 is 16.9 Å². The van der Waals surface area contributed by atoms with Crippen molar-refractivity contribution in [2.75, 3.05) is 19.7 Å². The van der Waals surface area contributed by atoms with Crippen molar-refractivity contribution in [1.29, 1.82) is 0 Å². The van der Waals surface area contributed by atoms with Gasteiger partial charge in [-0.25, -0.2) is 4.98 Å². The van der Waals surface area contributed by atoms with Gasteiger partial charge in [-0.3, -0.25) is 9.69 Å².